The van der Waals surface area contributed by atoms with Crippen LogP contribution in [0.1, 0.15) is 44.2 Å². The van der Waals surface area contributed by atoms with Crippen LogP contribution < -0.4 is 5.32 Å². The summed E-state index contributed by atoms with van der Waals surface area (Å²) in [5, 5.41) is 12.7. The van der Waals surface area contributed by atoms with Crippen molar-refractivity contribution in [3.8, 4) is 11.4 Å². The zero-order valence-corrected chi connectivity index (χ0v) is 14.4. The third-order valence-electron chi connectivity index (χ3n) is 5.57. The summed E-state index contributed by atoms with van der Waals surface area (Å²) in [6.45, 7) is 1.06. The molecule has 1 aromatic carbocycles. The molecular formula is C20H25N3O2. The van der Waals surface area contributed by atoms with Gasteiger partial charge in [0.05, 0.1) is 5.92 Å². The second-order valence-electron chi connectivity index (χ2n) is 7.29. The first kappa shape index (κ1) is 16.2. The lowest BCUT2D eigenvalue weighted by molar-refractivity contribution is -0.142. The fraction of sp³-hybridized carbons (Fsp3) is 0.500. The Balaban J connectivity index is 1.47. The second kappa shape index (κ2) is 6.90. The number of fused-ring (bicyclic) bond motifs is 1. The molecule has 1 aliphatic carbocycles. The van der Waals surface area contributed by atoms with Gasteiger partial charge in [-0.2, -0.15) is 0 Å². The SMILES string of the molecule is O=C(O)C1CCC(Nc2cccc(-c3ncc4n3CCCC4)c2)CC1. The van der Waals surface area contributed by atoms with Crippen molar-refractivity contribution in [1.29, 1.82) is 0 Å². The van der Waals surface area contributed by atoms with Crippen LogP contribution >= 0.6 is 0 Å². The van der Waals surface area contributed by atoms with Crippen LogP contribution in [0, 0.1) is 5.92 Å². The zero-order valence-electron chi connectivity index (χ0n) is 14.4. The maximum atomic E-state index is 11.1. The predicted molar refractivity (Wildman–Crippen MR) is 97.6 cm³/mol. The molecule has 0 spiro atoms. The zero-order chi connectivity index (χ0) is 17.2. The molecule has 1 aromatic heterocycles. The van der Waals surface area contributed by atoms with Crippen molar-refractivity contribution in [1.82, 2.24) is 9.55 Å². The van der Waals surface area contributed by atoms with E-state index in [1.807, 2.05) is 6.20 Å². The summed E-state index contributed by atoms with van der Waals surface area (Å²) in [6.07, 6.45) is 8.98. The summed E-state index contributed by atoms with van der Waals surface area (Å²) in [5.74, 6) is 0.248. The smallest absolute Gasteiger partial charge is 0.306 e. The number of rotatable bonds is 4. The van der Waals surface area contributed by atoms with Gasteiger partial charge in [-0.15, -0.1) is 0 Å². The summed E-state index contributed by atoms with van der Waals surface area (Å²) in [4.78, 5) is 15.7. The van der Waals surface area contributed by atoms with Crippen LogP contribution in [0.4, 0.5) is 5.69 Å². The van der Waals surface area contributed by atoms with E-state index >= 15 is 0 Å². The van der Waals surface area contributed by atoms with Crippen molar-refractivity contribution in [2.45, 2.75) is 57.5 Å². The number of aliphatic carboxylic acids is 1. The Bertz CT molecular complexity index is 760. The number of anilines is 1. The van der Waals surface area contributed by atoms with Crippen molar-refractivity contribution in [3.05, 3.63) is 36.2 Å². The van der Waals surface area contributed by atoms with Gasteiger partial charge in [-0.05, 0) is 57.1 Å². The molecule has 2 heterocycles. The third-order valence-corrected chi connectivity index (χ3v) is 5.57. The van der Waals surface area contributed by atoms with Gasteiger partial charge in [0.2, 0.25) is 0 Å². The minimum absolute atomic E-state index is 0.166. The molecule has 1 aliphatic heterocycles. The highest BCUT2D eigenvalue weighted by atomic mass is 16.4. The number of hydrogen-bond acceptors (Lipinski definition) is 3. The summed E-state index contributed by atoms with van der Waals surface area (Å²) < 4.78 is 2.35. The molecule has 2 aromatic rings. The number of benzene rings is 1. The molecule has 25 heavy (non-hydrogen) atoms. The average Bonchev–Trinajstić information content (AvgIpc) is 3.06. The van der Waals surface area contributed by atoms with Gasteiger partial charge in [-0.25, -0.2) is 4.98 Å². The number of carboxylic acid groups (broad SMARTS) is 1. The number of nitrogens with one attached hydrogen (secondary N) is 1. The first-order chi connectivity index (χ1) is 12.2. The van der Waals surface area contributed by atoms with Gasteiger partial charge >= 0.3 is 5.97 Å². The molecule has 4 rings (SSSR count). The summed E-state index contributed by atoms with van der Waals surface area (Å²) >= 11 is 0. The quantitative estimate of drug-likeness (QED) is 0.885. The molecule has 2 N–H and O–H groups in total. The fourth-order valence-corrected chi connectivity index (χ4v) is 4.13. The van der Waals surface area contributed by atoms with E-state index in [2.05, 4.69) is 39.1 Å². The van der Waals surface area contributed by atoms with Crippen LogP contribution in [0.3, 0.4) is 0 Å². The van der Waals surface area contributed by atoms with Crippen LogP contribution in [-0.2, 0) is 17.8 Å². The van der Waals surface area contributed by atoms with Gasteiger partial charge < -0.3 is 15.0 Å². The third kappa shape index (κ3) is 3.41. The molecule has 1 saturated carbocycles. The van der Waals surface area contributed by atoms with Crippen molar-refractivity contribution in [3.63, 3.8) is 0 Å². The number of aromatic nitrogens is 2. The number of hydrogen-bond donors (Lipinski definition) is 2. The standard InChI is InChI=1S/C20H25N3O2/c24-20(25)14-7-9-16(10-8-14)22-17-5-3-4-15(12-17)19-21-13-18-6-1-2-11-23(18)19/h3-5,12-14,16,22H,1-2,6-11H2,(H,24,25). The first-order valence-corrected chi connectivity index (χ1v) is 9.35. The molecule has 0 saturated heterocycles. The van der Waals surface area contributed by atoms with E-state index in [1.54, 1.807) is 0 Å². The van der Waals surface area contributed by atoms with Gasteiger partial charge in [-0.1, -0.05) is 12.1 Å². The van der Waals surface area contributed by atoms with E-state index in [9.17, 15) is 4.79 Å². The summed E-state index contributed by atoms with van der Waals surface area (Å²) in [5.41, 5.74) is 3.59. The van der Waals surface area contributed by atoms with Crippen LogP contribution in [0.25, 0.3) is 11.4 Å². The van der Waals surface area contributed by atoms with Gasteiger partial charge in [0.25, 0.3) is 0 Å². The van der Waals surface area contributed by atoms with Crippen LogP contribution in [0.2, 0.25) is 0 Å². The van der Waals surface area contributed by atoms with E-state index in [0.29, 0.717) is 6.04 Å². The lowest BCUT2D eigenvalue weighted by atomic mass is 9.86. The molecule has 0 atom stereocenters. The van der Waals surface area contributed by atoms with Crippen molar-refractivity contribution >= 4 is 11.7 Å². The second-order valence-corrected chi connectivity index (χ2v) is 7.29. The van der Waals surface area contributed by atoms with E-state index in [-0.39, 0.29) is 5.92 Å². The van der Waals surface area contributed by atoms with Gasteiger partial charge in [0.15, 0.2) is 0 Å². The number of aryl methyl sites for hydroxylation is 1. The van der Waals surface area contributed by atoms with Crippen LogP contribution in [0.5, 0.6) is 0 Å². The lowest BCUT2D eigenvalue weighted by Crippen LogP contribution is -2.29. The molecule has 1 fully saturated rings. The topological polar surface area (TPSA) is 67.2 Å². The maximum Gasteiger partial charge on any atom is 0.306 e. The lowest BCUT2D eigenvalue weighted by Gasteiger charge is -2.27. The van der Waals surface area contributed by atoms with Gasteiger partial charge in [0.1, 0.15) is 5.82 Å². The first-order valence-electron chi connectivity index (χ1n) is 9.35. The van der Waals surface area contributed by atoms with Crippen molar-refractivity contribution in [2.24, 2.45) is 5.92 Å². The summed E-state index contributed by atoms with van der Waals surface area (Å²) in [6, 6.07) is 8.82. The Kier molecular flexibility index (Phi) is 4.47. The Morgan fingerprint density at radius 2 is 2.04 bits per heavy atom. The fourth-order valence-electron chi connectivity index (χ4n) is 4.13. The monoisotopic (exact) mass is 339 g/mol. The molecule has 5 heteroatoms. The van der Waals surface area contributed by atoms with Gasteiger partial charge in [0, 0.05) is 35.7 Å². The minimum atomic E-state index is -0.649. The molecule has 0 amide bonds. The highest BCUT2D eigenvalue weighted by Gasteiger charge is 2.25. The molecule has 0 radical (unpaired) electrons. The Morgan fingerprint density at radius 1 is 1.20 bits per heavy atom. The molecule has 132 valence electrons. The molecule has 0 bridgehead atoms. The van der Waals surface area contributed by atoms with Crippen molar-refractivity contribution < 1.29 is 9.90 Å². The Morgan fingerprint density at radius 3 is 2.84 bits per heavy atom. The Labute approximate surface area is 148 Å². The molecule has 2 aliphatic rings. The van der Waals surface area contributed by atoms with E-state index < -0.39 is 5.97 Å². The highest BCUT2D eigenvalue weighted by Crippen LogP contribution is 2.29. The maximum absolute atomic E-state index is 11.1. The highest BCUT2D eigenvalue weighted by molar-refractivity contribution is 5.70. The van der Waals surface area contributed by atoms with Gasteiger partial charge in [-0.3, -0.25) is 4.79 Å². The van der Waals surface area contributed by atoms with E-state index in [1.165, 1.54) is 18.5 Å². The average molecular weight is 339 g/mol. The van der Waals surface area contributed by atoms with E-state index in [0.717, 1.165) is 55.7 Å². The number of imidazole rings is 1. The largest absolute Gasteiger partial charge is 0.481 e. The molecule has 5 nitrogen and oxygen atoms in total. The van der Waals surface area contributed by atoms with E-state index in [4.69, 9.17) is 5.11 Å². The normalized spacial score (nSPS) is 23.0. The molecule has 0 unspecified atom stereocenters. The number of carbonyl (C=O) groups is 1. The summed E-state index contributed by atoms with van der Waals surface area (Å²) in [7, 11) is 0. The van der Waals surface area contributed by atoms with Crippen LogP contribution in [-0.4, -0.2) is 26.7 Å². The Hall–Kier alpha value is -2.30. The number of carboxylic acids is 1. The number of nitrogens with zero attached hydrogens (tertiary/aromatic N) is 2. The van der Waals surface area contributed by atoms with Crippen molar-refractivity contribution in [2.75, 3.05) is 5.32 Å². The van der Waals surface area contributed by atoms with Crippen LogP contribution in [0.15, 0.2) is 30.5 Å². The predicted octanol–water partition coefficient (Wildman–Crippen LogP) is 3.94. The molecular weight excluding hydrogens is 314 g/mol. The minimum Gasteiger partial charge on any atom is -0.481 e.